The maximum atomic E-state index is 11.6. The van der Waals surface area contributed by atoms with Gasteiger partial charge >= 0.3 is 0 Å². The quantitative estimate of drug-likeness (QED) is 0.794. The summed E-state index contributed by atoms with van der Waals surface area (Å²) in [5.41, 5.74) is 0.798. The van der Waals surface area contributed by atoms with Gasteiger partial charge in [-0.1, -0.05) is 18.2 Å². The van der Waals surface area contributed by atoms with Crippen molar-refractivity contribution in [2.75, 3.05) is 23.7 Å². The van der Waals surface area contributed by atoms with Crippen molar-refractivity contribution in [3.8, 4) is 0 Å². The maximum Gasteiger partial charge on any atom is 0.245 e. The Labute approximate surface area is 150 Å². The first-order valence-corrected chi connectivity index (χ1v) is 8.39. The van der Waals surface area contributed by atoms with Crippen molar-refractivity contribution in [2.24, 2.45) is 7.05 Å². The van der Waals surface area contributed by atoms with E-state index in [-0.39, 0.29) is 11.9 Å². The van der Waals surface area contributed by atoms with Gasteiger partial charge in [0.05, 0.1) is 18.1 Å². The molecule has 0 aromatic carbocycles. The Balaban J connectivity index is 1.63. The fraction of sp³-hybridized carbons (Fsp3) is 0.375. The minimum atomic E-state index is -0.0264. The number of likely N-dealkylation sites (tertiary alicyclic amines) is 1. The fourth-order valence-electron chi connectivity index (χ4n) is 2.71. The molecule has 0 bridgehead atoms. The second kappa shape index (κ2) is 7.52. The largest absolute Gasteiger partial charge is 0.366 e. The number of anilines is 3. The minimum absolute atomic E-state index is 0.0264. The van der Waals surface area contributed by atoms with Gasteiger partial charge in [0.15, 0.2) is 5.82 Å². The van der Waals surface area contributed by atoms with Gasteiger partial charge in [0.25, 0.3) is 0 Å². The molecule has 2 N–H and O–H groups in total. The maximum absolute atomic E-state index is 11.6. The summed E-state index contributed by atoms with van der Waals surface area (Å²) in [6.45, 7) is 4.90. The number of amides is 1. The van der Waals surface area contributed by atoms with Crippen molar-refractivity contribution in [2.45, 2.75) is 18.9 Å². The number of rotatable bonds is 5. The molecule has 1 amide bonds. The molecule has 2 aromatic heterocycles. The average Bonchev–Trinajstić information content (AvgIpc) is 3.02. The predicted octanol–water partition coefficient (Wildman–Crippen LogP) is 2.20. The monoisotopic (exact) mass is 361 g/mol. The number of nitrogens with zero attached hydrogens (tertiary/aromatic N) is 5. The molecule has 0 spiro atoms. The predicted molar refractivity (Wildman–Crippen MR) is 97.0 cm³/mol. The normalized spacial score (nSPS) is 15.0. The molecule has 8 nitrogen and oxygen atoms in total. The van der Waals surface area contributed by atoms with E-state index >= 15 is 0 Å². The van der Waals surface area contributed by atoms with Crippen LogP contribution in [0.3, 0.4) is 0 Å². The van der Waals surface area contributed by atoms with Crippen LogP contribution in [-0.2, 0) is 11.8 Å². The number of nitrogens with one attached hydrogen (secondary N) is 2. The Morgan fingerprint density at radius 3 is 2.80 bits per heavy atom. The molecule has 0 aliphatic carbocycles. The summed E-state index contributed by atoms with van der Waals surface area (Å²) in [6.07, 6.45) is 8.09. The van der Waals surface area contributed by atoms with E-state index in [1.807, 2.05) is 13.2 Å². The van der Waals surface area contributed by atoms with Crippen LogP contribution in [0.5, 0.6) is 0 Å². The third-order valence-electron chi connectivity index (χ3n) is 4.03. The third-order valence-corrected chi connectivity index (χ3v) is 4.30. The molecule has 0 atom stereocenters. The lowest BCUT2D eigenvalue weighted by Gasteiger charge is -2.32. The molecule has 1 fully saturated rings. The summed E-state index contributed by atoms with van der Waals surface area (Å²) in [4.78, 5) is 22.1. The average molecular weight is 362 g/mol. The van der Waals surface area contributed by atoms with E-state index < -0.39 is 0 Å². The van der Waals surface area contributed by atoms with Gasteiger partial charge in [-0.05, 0) is 18.9 Å². The number of piperidine rings is 1. The molecule has 2 aromatic rings. The lowest BCUT2D eigenvalue weighted by Crippen LogP contribution is -2.41. The molecular formula is C16H20ClN7O. The van der Waals surface area contributed by atoms with Crippen LogP contribution >= 0.6 is 11.6 Å². The molecular weight excluding hydrogens is 342 g/mol. The van der Waals surface area contributed by atoms with Crippen molar-refractivity contribution >= 4 is 35.0 Å². The molecule has 3 rings (SSSR count). The SMILES string of the molecule is C=CC(=O)N1CCC(Nc2nc(Nc3cnn(C)c3)ncc2Cl)CC1. The lowest BCUT2D eigenvalue weighted by atomic mass is 10.1. The van der Waals surface area contributed by atoms with E-state index in [1.54, 1.807) is 22.0 Å². The number of aryl methyl sites for hydroxylation is 1. The number of hydrogen-bond acceptors (Lipinski definition) is 6. The summed E-state index contributed by atoms with van der Waals surface area (Å²) >= 11 is 6.21. The third kappa shape index (κ3) is 4.27. The number of carbonyl (C=O) groups excluding carboxylic acids is 1. The van der Waals surface area contributed by atoms with Crippen LogP contribution in [0.25, 0.3) is 0 Å². The molecule has 3 heterocycles. The summed E-state index contributed by atoms with van der Waals surface area (Å²) in [6, 6.07) is 0.201. The van der Waals surface area contributed by atoms with Gasteiger partial charge < -0.3 is 15.5 Å². The summed E-state index contributed by atoms with van der Waals surface area (Å²) in [5, 5.41) is 11.0. The van der Waals surface area contributed by atoms with Crippen LogP contribution in [-0.4, -0.2) is 49.7 Å². The van der Waals surface area contributed by atoms with Gasteiger partial charge in [-0.2, -0.15) is 10.1 Å². The van der Waals surface area contributed by atoms with E-state index in [2.05, 4.69) is 32.3 Å². The first-order chi connectivity index (χ1) is 12.0. The van der Waals surface area contributed by atoms with Gasteiger partial charge in [-0.15, -0.1) is 0 Å². The van der Waals surface area contributed by atoms with Crippen LogP contribution in [0.15, 0.2) is 31.2 Å². The highest BCUT2D eigenvalue weighted by molar-refractivity contribution is 6.32. The van der Waals surface area contributed by atoms with E-state index in [0.29, 0.717) is 29.9 Å². The standard InChI is InChI=1S/C16H20ClN7O/c1-3-14(25)24-6-4-11(5-7-24)20-15-13(17)9-18-16(22-15)21-12-8-19-23(2)10-12/h3,8-11H,1,4-7H2,2H3,(H2,18,20,21,22). The van der Waals surface area contributed by atoms with Gasteiger partial charge in [0, 0.05) is 32.4 Å². The van der Waals surface area contributed by atoms with Gasteiger partial charge in [0.1, 0.15) is 5.02 Å². The summed E-state index contributed by atoms with van der Waals surface area (Å²) in [7, 11) is 1.84. The second-order valence-corrected chi connectivity index (χ2v) is 6.27. The molecule has 0 unspecified atom stereocenters. The van der Waals surface area contributed by atoms with Gasteiger partial charge in [0.2, 0.25) is 11.9 Å². The van der Waals surface area contributed by atoms with Crippen LogP contribution < -0.4 is 10.6 Å². The number of aromatic nitrogens is 4. The highest BCUT2D eigenvalue weighted by atomic mass is 35.5. The van der Waals surface area contributed by atoms with E-state index in [0.717, 1.165) is 18.5 Å². The smallest absolute Gasteiger partial charge is 0.245 e. The second-order valence-electron chi connectivity index (χ2n) is 5.87. The number of carbonyl (C=O) groups is 1. The van der Waals surface area contributed by atoms with Crippen molar-refractivity contribution in [1.29, 1.82) is 0 Å². The summed E-state index contributed by atoms with van der Waals surface area (Å²) < 4.78 is 1.69. The highest BCUT2D eigenvalue weighted by Gasteiger charge is 2.22. The Morgan fingerprint density at radius 1 is 1.40 bits per heavy atom. The van der Waals surface area contributed by atoms with E-state index in [1.165, 1.54) is 6.08 Å². The van der Waals surface area contributed by atoms with Crippen LogP contribution in [0, 0.1) is 0 Å². The van der Waals surface area contributed by atoms with E-state index in [4.69, 9.17) is 11.6 Å². The van der Waals surface area contributed by atoms with Crippen molar-refractivity contribution < 1.29 is 4.79 Å². The number of halogens is 1. The molecule has 1 aliphatic rings. The molecule has 132 valence electrons. The Kier molecular flexibility index (Phi) is 5.18. The van der Waals surface area contributed by atoms with Crippen LogP contribution in [0.2, 0.25) is 5.02 Å². The van der Waals surface area contributed by atoms with E-state index in [9.17, 15) is 4.79 Å². The van der Waals surface area contributed by atoms with Crippen molar-refractivity contribution in [1.82, 2.24) is 24.6 Å². The number of hydrogen-bond donors (Lipinski definition) is 2. The molecule has 1 aliphatic heterocycles. The topological polar surface area (TPSA) is 88.0 Å². The van der Waals surface area contributed by atoms with Crippen LogP contribution in [0.1, 0.15) is 12.8 Å². The zero-order chi connectivity index (χ0) is 17.8. The first-order valence-electron chi connectivity index (χ1n) is 8.01. The minimum Gasteiger partial charge on any atom is -0.366 e. The lowest BCUT2D eigenvalue weighted by molar-refractivity contribution is -0.126. The fourth-order valence-corrected chi connectivity index (χ4v) is 2.86. The molecule has 0 saturated carbocycles. The highest BCUT2D eigenvalue weighted by Crippen LogP contribution is 2.24. The molecule has 1 saturated heterocycles. The van der Waals surface area contributed by atoms with Crippen LogP contribution in [0.4, 0.5) is 17.5 Å². The first kappa shape index (κ1) is 17.2. The molecule has 25 heavy (non-hydrogen) atoms. The zero-order valence-corrected chi connectivity index (χ0v) is 14.7. The van der Waals surface area contributed by atoms with Gasteiger partial charge in [-0.3, -0.25) is 9.48 Å². The van der Waals surface area contributed by atoms with Crippen molar-refractivity contribution in [3.63, 3.8) is 0 Å². The summed E-state index contributed by atoms with van der Waals surface area (Å²) in [5.74, 6) is 0.997. The van der Waals surface area contributed by atoms with Crippen molar-refractivity contribution in [3.05, 3.63) is 36.3 Å². The van der Waals surface area contributed by atoms with Gasteiger partial charge in [-0.25, -0.2) is 4.98 Å². The zero-order valence-electron chi connectivity index (χ0n) is 13.9. The Bertz CT molecular complexity index is 768. The Hall–Kier alpha value is -2.61. The molecule has 9 heteroatoms. The Morgan fingerprint density at radius 2 is 2.16 bits per heavy atom. The molecule has 0 radical (unpaired) electrons.